The first kappa shape index (κ1) is 15.4. The Morgan fingerprint density at radius 2 is 1.96 bits per heavy atom. The van der Waals surface area contributed by atoms with Crippen molar-refractivity contribution in [2.75, 3.05) is 6.61 Å². The lowest BCUT2D eigenvalue weighted by Gasteiger charge is -2.24. The van der Waals surface area contributed by atoms with E-state index in [1.807, 2.05) is 0 Å². The zero-order chi connectivity index (χ0) is 16.4. The van der Waals surface area contributed by atoms with Gasteiger partial charge in [-0.25, -0.2) is 0 Å². The van der Waals surface area contributed by atoms with E-state index < -0.39 is 0 Å². The van der Waals surface area contributed by atoms with Crippen molar-refractivity contribution >= 4 is 10.9 Å². The van der Waals surface area contributed by atoms with Gasteiger partial charge in [0.05, 0.1) is 0 Å². The van der Waals surface area contributed by atoms with E-state index in [1.54, 1.807) is 0 Å². The van der Waals surface area contributed by atoms with E-state index in [0.29, 0.717) is 6.04 Å². The average Bonchev–Trinajstić information content (AvgIpc) is 3.00. The van der Waals surface area contributed by atoms with Gasteiger partial charge in [0.1, 0.15) is 0 Å². The lowest BCUT2D eigenvalue weighted by Crippen LogP contribution is -2.24. The summed E-state index contributed by atoms with van der Waals surface area (Å²) in [5.41, 5.74) is 6.57. The third kappa shape index (κ3) is 2.97. The smallest absolute Gasteiger partial charge is 0.0478 e. The van der Waals surface area contributed by atoms with Gasteiger partial charge in [-0.2, -0.15) is 0 Å². The quantitative estimate of drug-likeness (QED) is 0.668. The minimum absolute atomic E-state index is 0.208. The summed E-state index contributed by atoms with van der Waals surface area (Å²) in [4.78, 5) is 3.65. The Morgan fingerprint density at radius 1 is 1.08 bits per heavy atom. The molecule has 1 aliphatic rings. The van der Waals surface area contributed by atoms with Crippen LogP contribution in [0, 0.1) is 0 Å². The average molecular weight is 320 g/mol. The predicted octanol–water partition coefficient (Wildman–Crippen LogP) is 3.87. The molecule has 3 N–H and O–H groups in total. The highest BCUT2D eigenvalue weighted by Crippen LogP contribution is 2.35. The van der Waals surface area contributed by atoms with Crippen LogP contribution in [0.1, 0.15) is 41.3 Å². The standard InChI is InChI=1S/C21H24N2O/c24-12-11-15-9-10-19-18(13-15)17-7-4-8-20(21(17)23-19)22-14-16-5-2-1-3-6-16/h1-3,5-6,9-10,13,20,22-24H,4,7-8,11-12,14H2/t20-/m1/s1. The van der Waals surface area contributed by atoms with Gasteiger partial charge >= 0.3 is 0 Å². The van der Waals surface area contributed by atoms with E-state index >= 15 is 0 Å². The van der Waals surface area contributed by atoms with Gasteiger partial charge in [0.15, 0.2) is 0 Å². The van der Waals surface area contributed by atoms with E-state index in [-0.39, 0.29) is 6.61 Å². The Balaban J connectivity index is 1.61. The number of aliphatic hydroxyl groups excluding tert-OH is 1. The molecule has 1 atom stereocenters. The number of aryl methyl sites for hydroxylation is 1. The lowest BCUT2D eigenvalue weighted by atomic mass is 9.91. The summed E-state index contributed by atoms with van der Waals surface area (Å²) < 4.78 is 0. The highest BCUT2D eigenvalue weighted by atomic mass is 16.2. The Labute approximate surface area is 142 Å². The molecule has 24 heavy (non-hydrogen) atoms. The normalized spacial score (nSPS) is 17.1. The van der Waals surface area contributed by atoms with Gasteiger partial charge in [-0.3, -0.25) is 0 Å². The van der Waals surface area contributed by atoms with Crippen LogP contribution in [-0.4, -0.2) is 16.7 Å². The topological polar surface area (TPSA) is 48.0 Å². The molecule has 0 saturated heterocycles. The monoisotopic (exact) mass is 320 g/mol. The molecule has 2 aromatic carbocycles. The van der Waals surface area contributed by atoms with Gasteiger partial charge in [-0.15, -0.1) is 0 Å². The van der Waals surface area contributed by atoms with Crippen LogP contribution in [0.5, 0.6) is 0 Å². The summed E-state index contributed by atoms with van der Waals surface area (Å²) >= 11 is 0. The lowest BCUT2D eigenvalue weighted by molar-refractivity contribution is 0.299. The van der Waals surface area contributed by atoms with Crippen LogP contribution in [0.15, 0.2) is 48.5 Å². The molecule has 0 bridgehead atoms. The largest absolute Gasteiger partial charge is 0.396 e. The fraction of sp³-hybridized carbons (Fsp3) is 0.333. The van der Waals surface area contributed by atoms with Crippen molar-refractivity contribution in [2.24, 2.45) is 0 Å². The summed E-state index contributed by atoms with van der Waals surface area (Å²) in [5.74, 6) is 0. The molecule has 0 aliphatic heterocycles. The number of aromatic nitrogens is 1. The maximum atomic E-state index is 9.18. The Morgan fingerprint density at radius 3 is 2.79 bits per heavy atom. The van der Waals surface area contributed by atoms with E-state index in [9.17, 15) is 5.11 Å². The fourth-order valence-electron chi connectivity index (χ4n) is 3.84. The molecule has 0 radical (unpaired) electrons. The summed E-state index contributed by atoms with van der Waals surface area (Å²) in [7, 11) is 0. The van der Waals surface area contributed by atoms with Gasteiger partial charge in [0, 0.05) is 35.8 Å². The van der Waals surface area contributed by atoms with Crippen LogP contribution in [0.4, 0.5) is 0 Å². The number of aromatic amines is 1. The highest BCUT2D eigenvalue weighted by molar-refractivity contribution is 5.85. The number of aliphatic hydroxyl groups is 1. The first-order chi connectivity index (χ1) is 11.8. The molecule has 0 unspecified atom stereocenters. The zero-order valence-corrected chi connectivity index (χ0v) is 13.9. The minimum Gasteiger partial charge on any atom is -0.396 e. The van der Waals surface area contributed by atoms with Crippen molar-refractivity contribution in [3.05, 3.63) is 70.9 Å². The van der Waals surface area contributed by atoms with Gasteiger partial charge in [-0.1, -0.05) is 36.4 Å². The molecule has 4 rings (SSSR count). The van der Waals surface area contributed by atoms with Gasteiger partial charge in [0.2, 0.25) is 0 Å². The van der Waals surface area contributed by atoms with Gasteiger partial charge < -0.3 is 15.4 Å². The SMILES string of the molecule is OCCc1ccc2[nH]c3c(c2c1)CCC[C@H]3NCc1ccccc1. The van der Waals surface area contributed by atoms with Crippen LogP contribution in [0.2, 0.25) is 0 Å². The number of benzene rings is 2. The molecule has 3 heteroatoms. The second-order valence-electron chi connectivity index (χ2n) is 6.68. The summed E-state index contributed by atoms with van der Waals surface area (Å²) in [6.07, 6.45) is 4.26. The number of hydrogen-bond acceptors (Lipinski definition) is 2. The van der Waals surface area contributed by atoms with Crippen LogP contribution < -0.4 is 5.32 Å². The maximum Gasteiger partial charge on any atom is 0.0478 e. The van der Waals surface area contributed by atoms with E-state index in [0.717, 1.165) is 19.4 Å². The molecule has 1 aromatic heterocycles. The van der Waals surface area contributed by atoms with Crippen molar-refractivity contribution in [1.29, 1.82) is 0 Å². The zero-order valence-electron chi connectivity index (χ0n) is 13.9. The third-order valence-electron chi connectivity index (χ3n) is 5.07. The van der Waals surface area contributed by atoms with Crippen molar-refractivity contribution in [1.82, 2.24) is 10.3 Å². The van der Waals surface area contributed by atoms with E-state index in [4.69, 9.17) is 0 Å². The first-order valence-corrected chi connectivity index (χ1v) is 8.86. The number of rotatable bonds is 5. The van der Waals surface area contributed by atoms with Crippen LogP contribution in [0.25, 0.3) is 10.9 Å². The molecule has 0 fully saturated rings. The highest BCUT2D eigenvalue weighted by Gasteiger charge is 2.23. The molecule has 0 spiro atoms. The summed E-state index contributed by atoms with van der Waals surface area (Å²) in [6.45, 7) is 1.11. The summed E-state index contributed by atoms with van der Waals surface area (Å²) in [5, 5.41) is 14.2. The molecular weight excluding hydrogens is 296 g/mol. The van der Waals surface area contributed by atoms with Crippen LogP contribution in [-0.2, 0) is 19.4 Å². The molecule has 1 heterocycles. The van der Waals surface area contributed by atoms with Gasteiger partial charge in [0.25, 0.3) is 0 Å². The Kier molecular flexibility index (Phi) is 4.37. The second-order valence-corrected chi connectivity index (χ2v) is 6.68. The number of fused-ring (bicyclic) bond motifs is 3. The molecule has 0 amide bonds. The Hall–Kier alpha value is -2.10. The minimum atomic E-state index is 0.208. The van der Waals surface area contributed by atoms with Crippen LogP contribution in [0.3, 0.4) is 0 Å². The molecular formula is C21H24N2O. The predicted molar refractivity (Wildman–Crippen MR) is 98.0 cm³/mol. The van der Waals surface area contributed by atoms with Crippen molar-refractivity contribution in [3.8, 4) is 0 Å². The van der Waals surface area contributed by atoms with Crippen molar-refractivity contribution < 1.29 is 5.11 Å². The van der Waals surface area contributed by atoms with E-state index in [2.05, 4.69) is 58.8 Å². The molecule has 0 saturated carbocycles. The van der Waals surface area contributed by atoms with Crippen molar-refractivity contribution in [2.45, 2.75) is 38.3 Å². The molecule has 3 aromatic rings. The van der Waals surface area contributed by atoms with Crippen molar-refractivity contribution in [3.63, 3.8) is 0 Å². The second kappa shape index (κ2) is 6.80. The summed E-state index contributed by atoms with van der Waals surface area (Å²) in [6, 6.07) is 17.5. The fourth-order valence-corrected chi connectivity index (χ4v) is 3.84. The van der Waals surface area contributed by atoms with E-state index in [1.165, 1.54) is 46.1 Å². The van der Waals surface area contributed by atoms with Crippen LogP contribution >= 0.6 is 0 Å². The molecule has 1 aliphatic carbocycles. The number of nitrogens with one attached hydrogen (secondary N) is 2. The Bertz CT molecular complexity index is 822. The first-order valence-electron chi connectivity index (χ1n) is 8.86. The molecule has 124 valence electrons. The molecule has 3 nitrogen and oxygen atoms in total. The van der Waals surface area contributed by atoms with Gasteiger partial charge in [-0.05, 0) is 54.5 Å². The number of hydrogen-bond donors (Lipinski definition) is 3. The number of H-pyrrole nitrogens is 1. The third-order valence-corrected chi connectivity index (χ3v) is 5.07. The maximum absolute atomic E-state index is 9.18.